The summed E-state index contributed by atoms with van der Waals surface area (Å²) in [6.45, 7) is 1.97. The van der Waals surface area contributed by atoms with Gasteiger partial charge < -0.3 is 20.0 Å². The van der Waals surface area contributed by atoms with Crippen LogP contribution in [-0.4, -0.2) is 66.9 Å². The maximum atomic E-state index is 14.2. The molecule has 32 heavy (non-hydrogen) atoms. The van der Waals surface area contributed by atoms with Crippen molar-refractivity contribution in [1.82, 2.24) is 14.7 Å². The number of benzene rings is 2. The molecule has 0 bridgehead atoms. The van der Waals surface area contributed by atoms with Gasteiger partial charge in [-0.1, -0.05) is 24.3 Å². The number of anilines is 1. The quantitative estimate of drug-likeness (QED) is 0.707. The molecular formula is C24H30F2N4O2. The van der Waals surface area contributed by atoms with Gasteiger partial charge in [0.05, 0.1) is 5.92 Å². The number of hydrogen-bond acceptors (Lipinski definition) is 3. The Morgan fingerprint density at radius 1 is 1.09 bits per heavy atom. The number of nitrogens with zero attached hydrogens (tertiary/aromatic N) is 3. The lowest BCUT2D eigenvalue weighted by atomic mass is 9.96. The van der Waals surface area contributed by atoms with E-state index in [1.54, 1.807) is 9.80 Å². The lowest BCUT2D eigenvalue weighted by Crippen LogP contribution is -2.48. The fourth-order valence-corrected chi connectivity index (χ4v) is 3.79. The van der Waals surface area contributed by atoms with Crippen LogP contribution in [0.3, 0.4) is 0 Å². The van der Waals surface area contributed by atoms with Crippen LogP contribution in [0.4, 0.5) is 19.3 Å². The van der Waals surface area contributed by atoms with Gasteiger partial charge in [-0.15, -0.1) is 0 Å². The highest BCUT2D eigenvalue weighted by molar-refractivity contribution is 5.90. The molecule has 1 fully saturated rings. The smallest absolute Gasteiger partial charge is 0.321 e. The SMILES string of the molecule is CN(C)CCN(Cc1ccc(F)cc1F)C(=O)C1CCCN(C(=O)Nc2ccccc2)C1. The molecule has 6 nitrogen and oxygen atoms in total. The molecule has 0 saturated carbocycles. The Morgan fingerprint density at radius 2 is 1.84 bits per heavy atom. The van der Waals surface area contributed by atoms with Gasteiger partial charge in [0, 0.05) is 50.0 Å². The number of likely N-dealkylation sites (N-methyl/N-ethyl adjacent to an activating group) is 1. The van der Waals surface area contributed by atoms with Gasteiger partial charge in [0.15, 0.2) is 0 Å². The molecule has 1 aliphatic rings. The van der Waals surface area contributed by atoms with E-state index in [1.807, 2.05) is 49.3 Å². The van der Waals surface area contributed by atoms with Crippen LogP contribution < -0.4 is 5.32 Å². The Labute approximate surface area is 187 Å². The Morgan fingerprint density at radius 3 is 2.53 bits per heavy atom. The molecule has 3 rings (SSSR count). The number of carbonyl (C=O) groups excluding carboxylic acids is 2. The maximum absolute atomic E-state index is 14.2. The van der Waals surface area contributed by atoms with Gasteiger partial charge in [-0.3, -0.25) is 4.79 Å². The molecular weight excluding hydrogens is 414 g/mol. The van der Waals surface area contributed by atoms with Crippen LogP contribution in [0.25, 0.3) is 0 Å². The molecule has 1 aliphatic heterocycles. The number of carbonyl (C=O) groups is 2. The van der Waals surface area contributed by atoms with E-state index in [1.165, 1.54) is 12.1 Å². The average Bonchev–Trinajstić information content (AvgIpc) is 2.78. The first-order valence-electron chi connectivity index (χ1n) is 10.8. The Kier molecular flexibility index (Phi) is 8.16. The van der Waals surface area contributed by atoms with Crippen molar-refractivity contribution in [2.24, 2.45) is 5.92 Å². The van der Waals surface area contributed by atoms with Crippen molar-refractivity contribution < 1.29 is 18.4 Å². The molecule has 0 spiro atoms. The van der Waals surface area contributed by atoms with Gasteiger partial charge in [-0.05, 0) is 45.1 Å². The summed E-state index contributed by atoms with van der Waals surface area (Å²) in [4.78, 5) is 31.3. The van der Waals surface area contributed by atoms with E-state index in [9.17, 15) is 18.4 Å². The fourth-order valence-electron chi connectivity index (χ4n) is 3.79. The van der Waals surface area contributed by atoms with Gasteiger partial charge in [0.25, 0.3) is 0 Å². The maximum Gasteiger partial charge on any atom is 0.321 e. The summed E-state index contributed by atoms with van der Waals surface area (Å²) < 4.78 is 27.5. The molecule has 0 aromatic heterocycles. The predicted octanol–water partition coefficient (Wildman–Crippen LogP) is 3.80. The topological polar surface area (TPSA) is 55.9 Å². The molecule has 1 N–H and O–H groups in total. The molecule has 0 radical (unpaired) electrons. The molecule has 3 amide bonds. The van der Waals surface area contributed by atoms with Crippen molar-refractivity contribution >= 4 is 17.6 Å². The zero-order valence-electron chi connectivity index (χ0n) is 18.6. The van der Waals surface area contributed by atoms with E-state index < -0.39 is 11.6 Å². The predicted molar refractivity (Wildman–Crippen MR) is 120 cm³/mol. The van der Waals surface area contributed by atoms with Crippen molar-refractivity contribution in [3.8, 4) is 0 Å². The van der Waals surface area contributed by atoms with E-state index in [4.69, 9.17) is 0 Å². The highest BCUT2D eigenvalue weighted by Gasteiger charge is 2.31. The van der Waals surface area contributed by atoms with Crippen molar-refractivity contribution in [3.05, 3.63) is 65.7 Å². The van der Waals surface area contributed by atoms with Crippen molar-refractivity contribution in [3.63, 3.8) is 0 Å². The number of para-hydroxylation sites is 1. The van der Waals surface area contributed by atoms with Gasteiger partial charge in [-0.25, -0.2) is 13.6 Å². The van der Waals surface area contributed by atoms with Crippen LogP contribution in [-0.2, 0) is 11.3 Å². The number of likely N-dealkylation sites (tertiary alicyclic amines) is 1. The van der Waals surface area contributed by atoms with E-state index >= 15 is 0 Å². The van der Waals surface area contributed by atoms with Crippen LogP contribution in [0, 0.1) is 17.6 Å². The third-order valence-electron chi connectivity index (χ3n) is 5.59. The van der Waals surface area contributed by atoms with Gasteiger partial charge in [0.2, 0.25) is 5.91 Å². The van der Waals surface area contributed by atoms with Crippen LogP contribution in [0.1, 0.15) is 18.4 Å². The summed E-state index contributed by atoms with van der Waals surface area (Å²) >= 11 is 0. The molecule has 172 valence electrons. The second-order valence-electron chi connectivity index (χ2n) is 8.38. The summed E-state index contributed by atoms with van der Waals surface area (Å²) in [5, 5.41) is 2.86. The minimum absolute atomic E-state index is 0.0610. The standard InChI is InChI=1S/C24H30F2N4O2/c1-28(2)13-14-29(16-18-10-11-20(25)15-22(18)26)23(31)19-7-6-12-30(17-19)24(32)27-21-8-4-3-5-9-21/h3-5,8-11,15,19H,6-7,12-14,16-17H2,1-2H3,(H,27,32). The minimum atomic E-state index is -0.667. The number of urea groups is 1. The lowest BCUT2D eigenvalue weighted by molar-refractivity contribution is -0.137. The van der Waals surface area contributed by atoms with Crippen LogP contribution >= 0.6 is 0 Å². The van der Waals surface area contributed by atoms with E-state index in [-0.39, 0.29) is 30.0 Å². The normalized spacial score (nSPS) is 16.2. The van der Waals surface area contributed by atoms with Crippen LogP contribution in [0.5, 0.6) is 0 Å². The monoisotopic (exact) mass is 444 g/mol. The Balaban J connectivity index is 1.69. The number of amides is 3. The van der Waals surface area contributed by atoms with Crippen molar-refractivity contribution in [1.29, 1.82) is 0 Å². The van der Waals surface area contributed by atoms with E-state index in [0.717, 1.165) is 6.07 Å². The highest BCUT2D eigenvalue weighted by Crippen LogP contribution is 2.22. The minimum Gasteiger partial charge on any atom is -0.337 e. The van der Waals surface area contributed by atoms with E-state index in [2.05, 4.69) is 5.32 Å². The number of piperidine rings is 1. The first-order valence-corrected chi connectivity index (χ1v) is 10.8. The Bertz CT molecular complexity index is 923. The molecule has 1 unspecified atom stereocenters. The third kappa shape index (κ3) is 6.50. The first-order chi connectivity index (χ1) is 15.3. The molecule has 1 atom stereocenters. The third-order valence-corrected chi connectivity index (χ3v) is 5.59. The van der Waals surface area contributed by atoms with Gasteiger partial charge in [-0.2, -0.15) is 0 Å². The molecule has 2 aromatic carbocycles. The molecule has 1 saturated heterocycles. The number of rotatable bonds is 7. The van der Waals surface area contributed by atoms with Gasteiger partial charge in [0.1, 0.15) is 11.6 Å². The number of halogens is 2. The van der Waals surface area contributed by atoms with Crippen LogP contribution in [0.2, 0.25) is 0 Å². The zero-order chi connectivity index (χ0) is 23.1. The summed E-state index contributed by atoms with van der Waals surface area (Å²) in [5.41, 5.74) is 0.971. The second-order valence-corrected chi connectivity index (χ2v) is 8.38. The summed E-state index contributed by atoms with van der Waals surface area (Å²) in [7, 11) is 3.80. The van der Waals surface area contributed by atoms with Crippen molar-refractivity contribution in [2.75, 3.05) is 45.6 Å². The first kappa shape index (κ1) is 23.7. The largest absolute Gasteiger partial charge is 0.337 e. The van der Waals surface area contributed by atoms with Crippen LogP contribution in [0.15, 0.2) is 48.5 Å². The lowest BCUT2D eigenvalue weighted by Gasteiger charge is -2.35. The number of hydrogen-bond donors (Lipinski definition) is 1. The Hall–Kier alpha value is -3.00. The summed E-state index contributed by atoms with van der Waals surface area (Å²) in [6, 6.07) is 12.3. The van der Waals surface area contributed by atoms with Crippen molar-refractivity contribution in [2.45, 2.75) is 19.4 Å². The summed E-state index contributed by atoms with van der Waals surface area (Å²) in [6.07, 6.45) is 1.38. The van der Waals surface area contributed by atoms with Gasteiger partial charge >= 0.3 is 6.03 Å². The molecule has 1 heterocycles. The summed E-state index contributed by atoms with van der Waals surface area (Å²) in [5.74, 6) is -1.80. The second kappa shape index (κ2) is 11.0. The number of nitrogens with one attached hydrogen (secondary N) is 1. The van der Waals surface area contributed by atoms with E-state index in [0.29, 0.717) is 44.7 Å². The zero-order valence-corrected chi connectivity index (χ0v) is 18.6. The molecule has 2 aromatic rings. The molecule has 8 heteroatoms. The molecule has 0 aliphatic carbocycles. The fraction of sp³-hybridized carbons (Fsp3) is 0.417. The highest BCUT2D eigenvalue weighted by atomic mass is 19.1. The average molecular weight is 445 g/mol.